The van der Waals surface area contributed by atoms with Crippen LogP contribution in [-0.2, 0) is 6.54 Å². The van der Waals surface area contributed by atoms with E-state index in [-0.39, 0.29) is 11.7 Å². The van der Waals surface area contributed by atoms with Gasteiger partial charge >= 0.3 is 0 Å². The van der Waals surface area contributed by atoms with E-state index in [1.54, 1.807) is 12.1 Å². The lowest BCUT2D eigenvalue weighted by atomic mass is 10.2. The number of halogens is 1. The number of nitrogens with one attached hydrogen (secondary N) is 2. The third-order valence-corrected chi connectivity index (χ3v) is 3.98. The molecule has 21 heavy (non-hydrogen) atoms. The van der Waals surface area contributed by atoms with Gasteiger partial charge in [0.25, 0.3) is 5.91 Å². The highest BCUT2D eigenvalue weighted by atomic mass is 127. The van der Waals surface area contributed by atoms with E-state index in [4.69, 9.17) is 0 Å². The molecule has 0 aliphatic heterocycles. The lowest BCUT2D eigenvalue weighted by molar-refractivity contribution is 0.0949. The van der Waals surface area contributed by atoms with Gasteiger partial charge in [-0.3, -0.25) is 4.79 Å². The summed E-state index contributed by atoms with van der Waals surface area (Å²) in [6, 6.07) is 12.5. The van der Waals surface area contributed by atoms with Crippen LogP contribution in [0.5, 0.6) is 5.75 Å². The van der Waals surface area contributed by atoms with Crippen LogP contribution in [0.1, 0.15) is 16.2 Å². The molecule has 0 aliphatic carbocycles. The van der Waals surface area contributed by atoms with Gasteiger partial charge in [0.1, 0.15) is 11.6 Å². The van der Waals surface area contributed by atoms with Gasteiger partial charge in [0, 0.05) is 5.56 Å². The van der Waals surface area contributed by atoms with Gasteiger partial charge < -0.3 is 15.4 Å². The van der Waals surface area contributed by atoms with E-state index in [1.165, 1.54) is 6.07 Å². The van der Waals surface area contributed by atoms with Crippen molar-refractivity contribution in [3.8, 4) is 5.75 Å². The number of hydrogen-bond acceptors (Lipinski definition) is 3. The molecule has 5 nitrogen and oxygen atoms in total. The second-order valence-corrected chi connectivity index (χ2v) is 5.71. The number of benzene rings is 2. The van der Waals surface area contributed by atoms with Crippen molar-refractivity contribution in [3.05, 3.63) is 57.4 Å². The van der Waals surface area contributed by atoms with Crippen molar-refractivity contribution >= 4 is 39.5 Å². The summed E-state index contributed by atoms with van der Waals surface area (Å²) in [4.78, 5) is 19.6. The number of rotatable bonds is 3. The van der Waals surface area contributed by atoms with Crippen LogP contribution in [-0.4, -0.2) is 21.0 Å². The van der Waals surface area contributed by atoms with Crippen LogP contribution < -0.4 is 5.32 Å². The largest absolute Gasteiger partial charge is 0.507 e. The molecule has 3 aromatic rings. The number of aromatic nitrogens is 2. The van der Waals surface area contributed by atoms with Crippen LogP contribution in [0.25, 0.3) is 11.0 Å². The number of carbonyl (C=O) groups excluding carboxylic acids is 1. The number of H-pyrrole nitrogens is 1. The zero-order valence-corrected chi connectivity index (χ0v) is 13.1. The summed E-state index contributed by atoms with van der Waals surface area (Å²) in [7, 11) is 0. The van der Waals surface area contributed by atoms with Crippen LogP contribution in [0.3, 0.4) is 0 Å². The minimum absolute atomic E-state index is 0.104. The topological polar surface area (TPSA) is 78.0 Å². The summed E-state index contributed by atoms with van der Waals surface area (Å²) in [5.41, 5.74) is 2.23. The second kappa shape index (κ2) is 5.72. The highest BCUT2D eigenvalue weighted by Gasteiger charge is 2.09. The minimum atomic E-state index is -0.248. The van der Waals surface area contributed by atoms with Gasteiger partial charge in [-0.15, -0.1) is 0 Å². The van der Waals surface area contributed by atoms with E-state index in [2.05, 4.69) is 15.3 Å². The van der Waals surface area contributed by atoms with Gasteiger partial charge in [-0.2, -0.15) is 0 Å². The summed E-state index contributed by atoms with van der Waals surface area (Å²) in [6.45, 7) is 0.306. The highest BCUT2D eigenvalue weighted by molar-refractivity contribution is 14.1. The molecular formula is C15H12IN3O2. The van der Waals surface area contributed by atoms with E-state index in [0.717, 1.165) is 11.0 Å². The second-order valence-electron chi connectivity index (χ2n) is 4.55. The van der Waals surface area contributed by atoms with E-state index >= 15 is 0 Å². The number of imidazole rings is 1. The first-order valence-corrected chi connectivity index (χ1v) is 7.42. The standard InChI is InChI=1S/C15H12IN3O2/c16-10-6-5-9(7-13(10)20)15(21)17-8-14-18-11-3-1-2-4-12(11)19-14/h1-7,20H,8H2,(H,17,21)(H,18,19). The molecule has 0 fully saturated rings. The van der Waals surface area contributed by atoms with Crippen LogP contribution in [0.4, 0.5) is 0 Å². The van der Waals surface area contributed by atoms with Gasteiger partial charge in [0.15, 0.2) is 0 Å². The van der Waals surface area contributed by atoms with E-state index in [9.17, 15) is 9.90 Å². The maximum atomic E-state index is 12.0. The van der Waals surface area contributed by atoms with Crippen molar-refractivity contribution in [1.82, 2.24) is 15.3 Å². The van der Waals surface area contributed by atoms with Crippen molar-refractivity contribution < 1.29 is 9.90 Å². The predicted octanol–water partition coefficient (Wildman–Crippen LogP) is 2.80. The Balaban J connectivity index is 1.71. The first kappa shape index (κ1) is 13.9. The number of phenols is 1. The summed E-state index contributed by atoms with van der Waals surface area (Å²) >= 11 is 2.01. The van der Waals surface area contributed by atoms with Crippen LogP contribution in [0, 0.1) is 3.57 Å². The first-order chi connectivity index (χ1) is 10.1. The SMILES string of the molecule is O=C(NCc1nc2ccccc2[nH]1)c1ccc(I)c(O)c1. The van der Waals surface area contributed by atoms with Crippen LogP contribution in [0.15, 0.2) is 42.5 Å². The fourth-order valence-corrected chi connectivity index (χ4v) is 2.34. The maximum Gasteiger partial charge on any atom is 0.251 e. The van der Waals surface area contributed by atoms with Crippen molar-refractivity contribution in [2.45, 2.75) is 6.54 Å². The molecule has 0 radical (unpaired) electrons. The molecule has 6 heteroatoms. The zero-order chi connectivity index (χ0) is 14.8. The Morgan fingerprint density at radius 2 is 2.10 bits per heavy atom. The van der Waals surface area contributed by atoms with E-state index < -0.39 is 0 Å². The molecule has 0 bridgehead atoms. The molecular weight excluding hydrogens is 381 g/mol. The third kappa shape index (κ3) is 2.99. The Morgan fingerprint density at radius 3 is 2.86 bits per heavy atom. The number of nitrogens with zero attached hydrogens (tertiary/aromatic N) is 1. The molecule has 0 unspecified atom stereocenters. The molecule has 1 heterocycles. The zero-order valence-electron chi connectivity index (χ0n) is 10.9. The summed E-state index contributed by atoms with van der Waals surface area (Å²) < 4.78 is 0.710. The average Bonchev–Trinajstić information content (AvgIpc) is 2.90. The van der Waals surface area contributed by atoms with E-state index in [0.29, 0.717) is 21.5 Å². The number of fused-ring (bicyclic) bond motifs is 1. The molecule has 1 aromatic heterocycles. The number of para-hydroxylation sites is 2. The lowest BCUT2D eigenvalue weighted by Crippen LogP contribution is -2.23. The Hall–Kier alpha value is -2.09. The van der Waals surface area contributed by atoms with Crippen molar-refractivity contribution in [2.24, 2.45) is 0 Å². The average molecular weight is 393 g/mol. The fourth-order valence-electron chi connectivity index (χ4n) is 2.01. The number of aromatic hydroxyl groups is 1. The van der Waals surface area contributed by atoms with Crippen LogP contribution >= 0.6 is 22.6 Å². The van der Waals surface area contributed by atoms with Gasteiger partial charge in [-0.05, 0) is 52.9 Å². The minimum Gasteiger partial charge on any atom is -0.507 e. The molecule has 0 saturated carbocycles. The highest BCUT2D eigenvalue weighted by Crippen LogP contribution is 2.20. The molecule has 0 atom stereocenters. The number of hydrogen-bond donors (Lipinski definition) is 3. The quantitative estimate of drug-likeness (QED) is 0.599. The molecule has 0 spiro atoms. The van der Waals surface area contributed by atoms with E-state index in [1.807, 2.05) is 46.9 Å². The molecule has 0 saturated heterocycles. The fraction of sp³-hybridized carbons (Fsp3) is 0.0667. The normalized spacial score (nSPS) is 10.7. The molecule has 1 amide bonds. The third-order valence-electron chi connectivity index (χ3n) is 3.06. The molecule has 3 rings (SSSR count). The Kier molecular flexibility index (Phi) is 3.78. The molecule has 3 N–H and O–H groups in total. The van der Waals surface area contributed by atoms with Crippen molar-refractivity contribution in [1.29, 1.82) is 0 Å². The lowest BCUT2D eigenvalue weighted by Gasteiger charge is -2.04. The predicted molar refractivity (Wildman–Crippen MR) is 88.1 cm³/mol. The maximum absolute atomic E-state index is 12.0. The molecule has 106 valence electrons. The number of carbonyl (C=O) groups is 1. The van der Waals surface area contributed by atoms with Crippen molar-refractivity contribution in [3.63, 3.8) is 0 Å². The number of aromatic amines is 1. The summed E-state index contributed by atoms with van der Waals surface area (Å²) in [5.74, 6) is 0.549. The number of amides is 1. The summed E-state index contributed by atoms with van der Waals surface area (Å²) in [5, 5.41) is 12.4. The first-order valence-electron chi connectivity index (χ1n) is 6.34. The Labute approximate surface area is 134 Å². The monoisotopic (exact) mass is 393 g/mol. The molecule has 2 aromatic carbocycles. The number of phenolic OH excluding ortho intramolecular Hbond substituents is 1. The Bertz CT molecular complexity index is 781. The molecule has 0 aliphatic rings. The van der Waals surface area contributed by atoms with Crippen LogP contribution in [0.2, 0.25) is 0 Å². The Morgan fingerprint density at radius 1 is 1.29 bits per heavy atom. The van der Waals surface area contributed by atoms with Crippen molar-refractivity contribution in [2.75, 3.05) is 0 Å². The van der Waals surface area contributed by atoms with Gasteiger partial charge in [0.2, 0.25) is 0 Å². The smallest absolute Gasteiger partial charge is 0.251 e. The van der Waals surface area contributed by atoms with Gasteiger partial charge in [0.05, 0.1) is 21.1 Å². The van der Waals surface area contributed by atoms with Gasteiger partial charge in [-0.1, -0.05) is 12.1 Å². The summed E-state index contributed by atoms with van der Waals surface area (Å²) in [6.07, 6.45) is 0. The van der Waals surface area contributed by atoms with Gasteiger partial charge in [-0.25, -0.2) is 4.98 Å².